The van der Waals surface area contributed by atoms with Gasteiger partial charge in [-0.1, -0.05) is 23.4 Å². The summed E-state index contributed by atoms with van der Waals surface area (Å²) in [5.41, 5.74) is 1.05. The van der Waals surface area contributed by atoms with Crippen LogP contribution in [0.4, 0.5) is 11.5 Å². The summed E-state index contributed by atoms with van der Waals surface area (Å²) in [6.07, 6.45) is 0. The topological polar surface area (TPSA) is 81.9 Å². The lowest BCUT2D eigenvalue weighted by atomic mass is 10.2. The van der Waals surface area contributed by atoms with Gasteiger partial charge in [0.2, 0.25) is 11.8 Å². The maximum Gasteiger partial charge on any atom is 0.242 e. The number of aromatic nitrogens is 1. The minimum Gasteiger partial charge on any atom is -0.362 e. The van der Waals surface area contributed by atoms with E-state index < -0.39 is 0 Å². The molecular formula is C20H27N5O3. The standard InChI is InChI=1S/C20H27N5O3/c1-3-24(17-7-5-4-6-8-17)15-20(27)25-11-9-23(10-12-25)14-19(26)21-18-13-16(2)28-22-18/h4-8,13H,3,9-12,14-15H2,1-2H3,(H,21,22,26). The second-order valence-corrected chi connectivity index (χ2v) is 6.88. The highest BCUT2D eigenvalue weighted by atomic mass is 16.5. The molecule has 150 valence electrons. The van der Waals surface area contributed by atoms with Gasteiger partial charge in [-0.15, -0.1) is 0 Å². The molecule has 0 atom stereocenters. The molecule has 1 aliphatic rings. The van der Waals surface area contributed by atoms with Gasteiger partial charge in [-0.05, 0) is 26.0 Å². The largest absolute Gasteiger partial charge is 0.362 e. The Hall–Kier alpha value is -2.87. The Labute approximate surface area is 165 Å². The van der Waals surface area contributed by atoms with E-state index in [0.29, 0.717) is 44.3 Å². The van der Waals surface area contributed by atoms with E-state index in [1.807, 2.05) is 47.1 Å². The quantitative estimate of drug-likeness (QED) is 0.780. The first kappa shape index (κ1) is 19.9. The van der Waals surface area contributed by atoms with Crippen LogP contribution in [0.2, 0.25) is 0 Å². The number of anilines is 2. The number of hydrogen-bond acceptors (Lipinski definition) is 6. The number of hydrogen-bond donors (Lipinski definition) is 1. The summed E-state index contributed by atoms with van der Waals surface area (Å²) in [7, 11) is 0. The van der Waals surface area contributed by atoms with Crippen molar-refractivity contribution in [3.63, 3.8) is 0 Å². The van der Waals surface area contributed by atoms with Gasteiger partial charge >= 0.3 is 0 Å². The summed E-state index contributed by atoms with van der Waals surface area (Å²) in [6, 6.07) is 11.6. The molecular weight excluding hydrogens is 358 g/mol. The first-order chi connectivity index (χ1) is 13.5. The normalized spacial score (nSPS) is 14.7. The van der Waals surface area contributed by atoms with Crippen LogP contribution in [-0.4, -0.2) is 72.6 Å². The zero-order chi connectivity index (χ0) is 19.9. The Morgan fingerprint density at radius 1 is 1.18 bits per heavy atom. The molecule has 8 heteroatoms. The highest BCUT2D eigenvalue weighted by Crippen LogP contribution is 2.13. The van der Waals surface area contributed by atoms with Gasteiger partial charge in [-0.25, -0.2) is 0 Å². The summed E-state index contributed by atoms with van der Waals surface area (Å²) in [5.74, 6) is 1.07. The van der Waals surface area contributed by atoms with Crippen molar-refractivity contribution in [1.82, 2.24) is 15.0 Å². The SMILES string of the molecule is CCN(CC(=O)N1CCN(CC(=O)Nc2cc(C)on2)CC1)c1ccccc1. The Bertz CT molecular complexity index is 784. The van der Waals surface area contributed by atoms with E-state index in [0.717, 1.165) is 12.2 Å². The van der Waals surface area contributed by atoms with Gasteiger partial charge in [0.1, 0.15) is 5.76 Å². The summed E-state index contributed by atoms with van der Waals surface area (Å²) in [5, 5.41) is 6.48. The monoisotopic (exact) mass is 385 g/mol. The number of nitrogens with one attached hydrogen (secondary N) is 1. The van der Waals surface area contributed by atoms with Crippen LogP contribution in [0.5, 0.6) is 0 Å². The van der Waals surface area contributed by atoms with Crippen molar-refractivity contribution < 1.29 is 14.1 Å². The van der Waals surface area contributed by atoms with Crippen LogP contribution in [0, 0.1) is 6.92 Å². The van der Waals surface area contributed by atoms with Gasteiger partial charge < -0.3 is 19.6 Å². The van der Waals surface area contributed by atoms with Crippen molar-refractivity contribution >= 4 is 23.3 Å². The Kier molecular flexibility index (Phi) is 6.65. The van der Waals surface area contributed by atoms with Crippen molar-refractivity contribution in [3.05, 3.63) is 42.2 Å². The second-order valence-electron chi connectivity index (χ2n) is 6.88. The predicted octanol–water partition coefficient (Wildman–Crippen LogP) is 1.59. The molecule has 8 nitrogen and oxygen atoms in total. The number of aryl methyl sites for hydroxylation is 1. The first-order valence-electron chi connectivity index (χ1n) is 9.58. The summed E-state index contributed by atoms with van der Waals surface area (Å²) in [4.78, 5) is 30.8. The third kappa shape index (κ3) is 5.32. The van der Waals surface area contributed by atoms with Crippen LogP contribution >= 0.6 is 0 Å². The number of likely N-dealkylation sites (N-methyl/N-ethyl adjacent to an activating group) is 1. The molecule has 1 saturated heterocycles. The fourth-order valence-electron chi connectivity index (χ4n) is 3.25. The molecule has 2 aromatic rings. The molecule has 0 saturated carbocycles. The van der Waals surface area contributed by atoms with E-state index in [-0.39, 0.29) is 18.4 Å². The first-order valence-corrected chi connectivity index (χ1v) is 9.58. The highest BCUT2D eigenvalue weighted by molar-refractivity contribution is 5.91. The molecule has 1 N–H and O–H groups in total. The van der Waals surface area contributed by atoms with Crippen molar-refractivity contribution in [2.75, 3.05) is 56.0 Å². The van der Waals surface area contributed by atoms with Crippen molar-refractivity contribution in [2.24, 2.45) is 0 Å². The molecule has 1 aromatic carbocycles. The van der Waals surface area contributed by atoms with Crippen molar-refractivity contribution in [2.45, 2.75) is 13.8 Å². The summed E-state index contributed by atoms with van der Waals surface area (Å²) >= 11 is 0. The molecule has 3 rings (SSSR count). The number of nitrogens with zero attached hydrogens (tertiary/aromatic N) is 4. The second kappa shape index (κ2) is 9.36. The minimum atomic E-state index is -0.130. The number of benzene rings is 1. The van der Waals surface area contributed by atoms with Crippen LogP contribution in [0.15, 0.2) is 40.9 Å². The molecule has 0 radical (unpaired) electrons. The van der Waals surface area contributed by atoms with Gasteiger partial charge in [-0.3, -0.25) is 14.5 Å². The summed E-state index contributed by atoms with van der Waals surface area (Å²) in [6.45, 7) is 7.85. The molecule has 0 unspecified atom stereocenters. The number of piperazine rings is 1. The molecule has 28 heavy (non-hydrogen) atoms. The third-order valence-corrected chi connectivity index (χ3v) is 4.82. The number of amides is 2. The zero-order valence-electron chi connectivity index (χ0n) is 16.4. The van der Waals surface area contributed by atoms with Gasteiger partial charge in [0, 0.05) is 44.5 Å². The third-order valence-electron chi connectivity index (χ3n) is 4.82. The molecule has 0 spiro atoms. The number of para-hydroxylation sites is 1. The molecule has 2 heterocycles. The van der Waals surface area contributed by atoms with E-state index in [1.165, 1.54) is 0 Å². The van der Waals surface area contributed by atoms with E-state index in [1.54, 1.807) is 13.0 Å². The van der Waals surface area contributed by atoms with Crippen LogP contribution in [0.1, 0.15) is 12.7 Å². The lowest BCUT2D eigenvalue weighted by Crippen LogP contribution is -2.52. The molecule has 1 aromatic heterocycles. The Balaban J connectivity index is 1.44. The fraction of sp³-hybridized carbons (Fsp3) is 0.450. The zero-order valence-corrected chi connectivity index (χ0v) is 16.4. The van der Waals surface area contributed by atoms with E-state index in [4.69, 9.17) is 4.52 Å². The highest BCUT2D eigenvalue weighted by Gasteiger charge is 2.23. The number of rotatable bonds is 7. The Morgan fingerprint density at radius 2 is 1.89 bits per heavy atom. The summed E-state index contributed by atoms with van der Waals surface area (Å²) < 4.78 is 4.94. The van der Waals surface area contributed by atoms with Crippen LogP contribution in [0.3, 0.4) is 0 Å². The van der Waals surface area contributed by atoms with Gasteiger partial charge in [0.25, 0.3) is 0 Å². The maximum absolute atomic E-state index is 12.7. The van der Waals surface area contributed by atoms with Gasteiger partial charge in [0.05, 0.1) is 13.1 Å². The van der Waals surface area contributed by atoms with Crippen LogP contribution < -0.4 is 10.2 Å². The molecule has 1 aliphatic heterocycles. The molecule has 1 fully saturated rings. The van der Waals surface area contributed by atoms with Crippen molar-refractivity contribution in [3.8, 4) is 0 Å². The minimum absolute atomic E-state index is 0.118. The maximum atomic E-state index is 12.7. The van der Waals surface area contributed by atoms with E-state index in [9.17, 15) is 9.59 Å². The number of carbonyl (C=O) groups excluding carboxylic acids is 2. The van der Waals surface area contributed by atoms with Gasteiger partial charge in [0.15, 0.2) is 5.82 Å². The van der Waals surface area contributed by atoms with Crippen molar-refractivity contribution in [1.29, 1.82) is 0 Å². The average molecular weight is 385 g/mol. The fourth-order valence-corrected chi connectivity index (χ4v) is 3.25. The lowest BCUT2D eigenvalue weighted by molar-refractivity contribution is -0.131. The molecule has 0 aliphatic carbocycles. The number of carbonyl (C=O) groups is 2. The smallest absolute Gasteiger partial charge is 0.242 e. The van der Waals surface area contributed by atoms with Crippen LogP contribution in [0.25, 0.3) is 0 Å². The average Bonchev–Trinajstić information content (AvgIpc) is 3.11. The van der Waals surface area contributed by atoms with E-state index in [2.05, 4.69) is 15.4 Å². The molecule has 2 amide bonds. The van der Waals surface area contributed by atoms with Crippen LogP contribution in [-0.2, 0) is 9.59 Å². The lowest BCUT2D eigenvalue weighted by Gasteiger charge is -2.35. The van der Waals surface area contributed by atoms with E-state index >= 15 is 0 Å². The Morgan fingerprint density at radius 3 is 2.50 bits per heavy atom. The van der Waals surface area contributed by atoms with Gasteiger partial charge in [-0.2, -0.15) is 0 Å². The molecule has 0 bridgehead atoms. The predicted molar refractivity (Wildman–Crippen MR) is 107 cm³/mol.